The minimum atomic E-state index is -0.506. The van der Waals surface area contributed by atoms with Crippen molar-refractivity contribution >= 4 is 11.2 Å². The molecule has 0 saturated carbocycles. The first-order valence-corrected chi connectivity index (χ1v) is 7.90. The molecule has 0 unspecified atom stereocenters. The van der Waals surface area contributed by atoms with Crippen molar-refractivity contribution in [2.24, 2.45) is 5.92 Å². The molecule has 7 heteroatoms. The van der Waals surface area contributed by atoms with Crippen LogP contribution in [0.2, 0.25) is 0 Å². The summed E-state index contributed by atoms with van der Waals surface area (Å²) in [4.78, 5) is 29.9. The van der Waals surface area contributed by atoms with Gasteiger partial charge in [-0.15, -0.1) is 0 Å². The van der Waals surface area contributed by atoms with Crippen LogP contribution in [-0.2, 0) is 13.1 Å². The lowest BCUT2D eigenvalue weighted by molar-refractivity contribution is 0.488. The first kappa shape index (κ1) is 16.2. The van der Waals surface area contributed by atoms with E-state index in [1.54, 1.807) is 10.6 Å². The van der Waals surface area contributed by atoms with Crippen molar-refractivity contribution in [1.29, 1.82) is 0 Å². The molecule has 0 atom stereocenters. The Kier molecular flexibility index (Phi) is 4.09. The molecule has 24 heavy (non-hydrogen) atoms. The van der Waals surface area contributed by atoms with E-state index in [0.29, 0.717) is 17.7 Å². The number of aromatic nitrogens is 4. The minimum Gasteiger partial charge on any atom is -0.325 e. The van der Waals surface area contributed by atoms with Gasteiger partial charge in [-0.3, -0.25) is 9.36 Å². The monoisotopic (exact) mass is 330 g/mol. The average molecular weight is 330 g/mol. The molecule has 2 aromatic heterocycles. The fourth-order valence-corrected chi connectivity index (χ4v) is 2.79. The molecule has 126 valence electrons. The van der Waals surface area contributed by atoms with Crippen molar-refractivity contribution in [3.05, 3.63) is 57.2 Å². The van der Waals surface area contributed by atoms with E-state index in [9.17, 15) is 14.0 Å². The number of hydrogen-bond acceptors (Lipinski definition) is 3. The van der Waals surface area contributed by atoms with Crippen LogP contribution in [0.25, 0.3) is 16.9 Å². The molecule has 0 fully saturated rings. The molecule has 0 saturated heterocycles. The summed E-state index contributed by atoms with van der Waals surface area (Å²) in [6.45, 7) is 6.59. The molecule has 1 aromatic carbocycles. The lowest BCUT2D eigenvalue weighted by atomic mass is 10.2. The second-order valence-electron chi connectivity index (χ2n) is 6.11. The van der Waals surface area contributed by atoms with Crippen LogP contribution in [0.4, 0.5) is 4.39 Å². The quantitative estimate of drug-likeness (QED) is 0.736. The molecule has 0 radical (unpaired) electrons. The van der Waals surface area contributed by atoms with Gasteiger partial charge >= 0.3 is 5.69 Å². The molecule has 0 aliphatic heterocycles. The summed E-state index contributed by atoms with van der Waals surface area (Å²) in [7, 11) is 0. The third-order valence-corrected chi connectivity index (χ3v) is 3.85. The normalized spacial score (nSPS) is 11.5. The molecule has 0 amide bonds. The van der Waals surface area contributed by atoms with Crippen molar-refractivity contribution in [2.75, 3.05) is 0 Å². The Morgan fingerprint density at radius 3 is 2.62 bits per heavy atom. The minimum absolute atomic E-state index is 0.117. The van der Waals surface area contributed by atoms with Gasteiger partial charge in [0.2, 0.25) is 0 Å². The van der Waals surface area contributed by atoms with E-state index in [2.05, 4.69) is 4.98 Å². The molecule has 0 aliphatic rings. The lowest BCUT2D eigenvalue weighted by Gasteiger charge is -2.13. The van der Waals surface area contributed by atoms with Gasteiger partial charge in [-0.05, 0) is 31.0 Å². The highest BCUT2D eigenvalue weighted by Crippen LogP contribution is 2.14. The van der Waals surface area contributed by atoms with Crippen molar-refractivity contribution in [3.63, 3.8) is 0 Å². The third kappa shape index (κ3) is 2.55. The van der Waals surface area contributed by atoms with E-state index < -0.39 is 11.5 Å². The third-order valence-electron chi connectivity index (χ3n) is 3.85. The fraction of sp³-hybridized carbons (Fsp3) is 0.353. The Hall–Kier alpha value is -2.70. The maximum absolute atomic E-state index is 13.6. The first-order chi connectivity index (χ1) is 11.4. The summed E-state index contributed by atoms with van der Waals surface area (Å²) in [5.74, 6) is -0.337. The number of fused-ring (bicyclic) bond motifs is 1. The molecule has 2 heterocycles. The summed E-state index contributed by atoms with van der Waals surface area (Å²) in [5.41, 5.74) is 0.0761. The summed E-state index contributed by atoms with van der Waals surface area (Å²) >= 11 is 0. The zero-order chi connectivity index (χ0) is 17.4. The van der Waals surface area contributed by atoms with Gasteiger partial charge in [0, 0.05) is 13.1 Å². The Balaban J connectivity index is 2.46. The Bertz CT molecular complexity index is 1010. The molecule has 6 nitrogen and oxygen atoms in total. The number of hydrogen-bond donors (Lipinski definition) is 0. The van der Waals surface area contributed by atoms with Gasteiger partial charge in [-0.2, -0.15) is 0 Å². The van der Waals surface area contributed by atoms with E-state index in [4.69, 9.17) is 0 Å². The van der Waals surface area contributed by atoms with Gasteiger partial charge in [-0.1, -0.05) is 19.9 Å². The Morgan fingerprint density at radius 1 is 1.25 bits per heavy atom. The smallest absolute Gasteiger partial charge is 0.325 e. The summed E-state index contributed by atoms with van der Waals surface area (Å²) in [6, 6.07) is 5.72. The molecule has 0 spiro atoms. The van der Waals surface area contributed by atoms with Crippen LogP contribution in [-0.4, -0.2) is 18.7 Å². The second-order valence-corrected chi connectivity index (χ2v) is 6.11. The molecular weight excluding hydrogens is 311 g/mol. The van der Waals surface area contributed by atoms with Crippen LogP contribution >= 0.6 is 0 Å². The first-order valence-electron chi connectivity index (χ1n) is 7.90. The molecule has 0 N–H and O–H groups in total. The number of rotatable bonds is 4. The average Bonchev–Trinajstić information content (AvgIpc) is 2.95. The predicted octanol–water partition coefficient (Wildman–Crippen LogP) is 2.16. The van der Waals surface area contributed by atoms with E-state index in [1.165, 1.54) is 33.7 Å². The highest BCUT2D eigenvalue weighted by molar-refractivity contribution is 5.72. The number of benzene rings is 1. The standard InChI is InChI=1S/C17H19FN4O2/c1-4-20-10-19-15-14(20)16(23)21(9-11(2)3)17(24)22(15)13-7-5-6-12(18)8-13/h5-8,10-11H,4,9H2,1-3H3. The van der Waals surface area contributed by atoms with Crippen LogP contribution < -0.4 is 11.2 Å². The number of aryl methyl sites for hydroxylation is 1. The Morgan fingerprint density at radius 2 is 2.00 bits per heavy atom. The predicted molar refractivity (Wildman–Crippen MR) is 90.1 cm³/mol. The number of imidazole rings is 1. The largest absolute Gasteiger partial charge is 0.337 e. The van der Waals surface area contributed by atoms with Crippen molar-refractivity contribution in [2.45, 2.75) is 33.9 Å². The highest BCUT2D eigenvalue weighted by Gasteiger charge is 2.19. The SMILES string of the molecule is CCn1cnc2c1c(=O)n(CC(C)C)c(=O)n2-c1cccc(F)c1. The van der Waals surface area contributed by atoms with Crippen LogP contribution in [0, 0.1) is 11.7 Å². The Labute approximate surface area is 137 Å². The van der Waals surface area contributed by atoms with Gasteiger partial charge in [-0.25, -0.2) is 18.7 Å². The zero-order valence-corrected chi connectivity index (χ0v) is 13.9. The van der Waals surface area contributed by atoms with Crippen molar-refractivity contribution in [3.8, 4) is 5.69 Å². The summed E-state index contributed by atoms with van der Waals surface area (Å²) in [5, 5.41) is 0. The molecule has 0 bridgehead atoms. The number of halogens is 1. The summed E-state index contributed by atoms with van der Waals surface area (Å²) in [6.07, 6.45) is 1.53. The van der Waals surface area contributed by atoms with Gasteiger partial charge in [0.25, 0.3) is 5.56 Å². The van der Waals surface area contributed by atoms with E-state index in [-0.39, 0.29) is 23.7 Å². The van der Waals surface area contributed by atoms with Crippen LogP contribution in [0.15, 0.2) is 40.2 Å². The van der Waals surface area contributed by atoms with Gasteiger partial charge in [0.1, 0.15) is 5.82 Å². The molecule has 3 rings (SSSR count). The molecular formula is C17H19FN4O2. The van der Waals surface area contributed by atoms with E-state index in [0.717, 1.165) is 0 Å². The number of nitrogens with zero attached hydrogens (tertiary/aromatic N) is 4. The molecule has 3 aromatic rings. The van der Waals surface area contributed by atoms with Crippen LogP contribution in [0.5, 0.6) is 0 Å². The van der Waals surface area contributed by atoms with Crippen molar-refractivity contribution < 1.29 is 4.39 Å². The van der Waals surface area contributed by atoms with E-state index in [1.807, 2.05) is 20.8 Å². The van der Waals surface area contributed by atoms with Gasteiger partial charge in [0.15, 0.2) is 11.2 Å². The maximum Gasteiger partial charge on any atom is 0.337 e. The topological polar surface area (TPSA) is 61.8 Å². The summed E-state index contributed by atoms with van der Waals surface area (Å²) < 4.78 is 17.8. The second kappa shape index (κ2) is 6.07. The lowest BCUT2D eigenvalue weighted by Crippen LogP contribution is -2.41. The fourth-order valence-electron chi connectivity index (χ4n) is 2.79. The maximum atomic E-state index is 13.6. The van der Waals surface area contributed by atoms with Crippen molar-refractivity contribution in [1.82, 2.24) is 18.7 Å². The molecule has 0 aliphatic carbocycles. The van der Waals surface area contributed by atoms with Gasteiger partial charge in [0.05, 0.1) is 12.0 Å². The van der Waals surface area contributed by atoms with Gasteiger partial charge < -0.3 is 4.57 Å². The zero-order valence-electron chi connectivity index (χ0n) is 13.9. The van der Waals surface area contributed by atoms with Crippen LogP contribution in [0.1, 0.15) is 20.8 Å². The highest BCUT2D eigenvalue weighted by atomic mass is 19.1. The van der Waals surface area contributed by atoms with E-state index >= 15 is 0 Å². The van der Waals surface area contributed by atoms with Crippen LogP contribution in [0.3, 0.4) is 0 Å².